The third-order valence-electron chi connectivity index (χ3n) is 2.54. The lowest BCUT2D eigenvalue weighted by molar-refractivity contribution is 0.398. The zero-order valence-electron chi connectivity index (χ0n) is 11.3. The molecule has 0 unspecified atom stereocenters. The number of methoxy groups -OCH3 is 1. The summed E-state index contributed by atoms with van der Waals surface area (Å²) in [5, 5.41) is 2.75. The molecule has 0 spiro atoms. The van der Waals surface area contributed by atoms with Gasteiger partial charge in [0.2, 0.25) is 5.88 Å². The second-order valence-corrected chi connectivity index (χ2v) is 6.51. The van der Waals surface area contributed by atoms with Crippen LogP contribution in [-0.2, 0) is 10.0 Å². The van der Waals surface area contributed by atoms with E-state index in [2.05, 4.69) is 35.9 Å². The fourth-order valence-electron chi connectivity index (χ4n) is 1.58. The molecule has 0 radical (unpaired) electrons. The first kappa shape index (κ1) is 15.5. The summed E-state index contributed by atoms with van der Waals surface area (Å²) in [5.41, 5.74) is 0.331. The Labute approximate surface area is 130 Å². The van der Waals surface area contributed by atoms with Gasteiger partial charge in [0.05, 0.1) is 19.0 Å². The van der Waals surface area contributed by atoms with Crippen molar-refractivity contribution in [2.75, 3.05) is 24.2 Å². The molecule has 2 heterocycles. The molecule has 0 fully saturated rings. The van der Waals surface area contributed by atoms with Crippen LogP contribution in [0, 0.1) is 0 Å². The summed E-state index contributed by atoms with van der Waals surface area (Å²) in [6.07, 6.45) is 2.89. The van der Waals surface area contributed by atoms with E-state index < -0.39 is 10.0 Å². The van der Waals surface area contributed by atoms with Crippen molar-refractivity contribution < 1.29 is 13.2 Å². The molecule has 9 heteroatoms. The zero-order chi connectivity index (χ0) is 15.5. The number of ether oxygens (including phenoxy) is 1. The third-order valence-corrected chi connectivity index (χ3v) is 4.37. The highest BCUT2D eigenvalue weighted by Crippen LogP contribution is 2.25. The van der Waals surface area contributed by atoms with Gasteiger partial charge in [0.25, 0.3) is 10.0 Å². The predicted molar refractivity (Wildman–Crippen MR) is 83.1 cm³/mol. The number of rotatable bonds is 5. The Hall–Kier alpha value is -1.87. The maximum atomic E-state index is 12.4. The molecule has 2 aromatic rings. The van der Waals surface area contributed by atoms with Crippen LogP contribution in [0.2, 0.25) is 0 Å². The Kier molecular flexibility index (Phi) is 4.63. The van der Waals surface area contributed by atoms with Gasteiger partial charge in [-0.15, -0.1) is 0 Å². The molecule has 0 aliphatic carbocycles. The van der Waals surface area contributed by atoms with Crippen molar-refractivity contribution in [2.45, 2.75) is 4.90 Å². The monoisotopic (exact) mass is 372 g/mol. The predicted octanol–water partition coefficient (Wildman–Crippen LogP) is 2.09. The number of pyridine rings is 2. The van der Waals surface area contributed by atoms with Crippen LogP contribution in [0.1, 0.15) is 0 Å². The number of aromatic nitrogens is 2. The van der Waals surface area contributed by atoms with Gasteiger partial charge in [0, 0.05) is 23.8 Å². The Balaban J connectivity index is 2.35. The van der Waals surface area contributed by atoms with Crippen LogP contribution in [0.4, 0.5) is 11.5 Å². The Bertz CT molecular complexity index is 735. The summed E-state index contributed by atoms with van der Waals surface area (Å²) in [6.45, 7) is 0. The normalized spacial score (nSPS) is 11.0. The zero-order valence-corrected chi connectivity index (χ0v) is 13.7. The van der Waals surface area contributed by atoms with E-state index in [1.54, 1.807) is 19.2 Å². The third kappa shape index (κ3) is 3.61. The van der Waals surface area contributed by atoms with Gasteiger partial charge in [-0.3, -0.25) is 4.72 Å². The minimum absolute atomic E-state index is 0.0372. The molecule has 0 saturated carbocycles. The maximum absolute atomic E-state index is 12.4. The molecular weight excluding hydrogens is 360 g/mol. The topological polar surface area (TPSA) is 93.2 Å². The molecular formula is C12H13BrN4O3S. The summed E-state index contributed by atoms with van der Waals surface area (Å²) < 4.78 is 32.8. The van der Waals surface area contributed by atoms with E-state index in [-0.39, 0.29) is 10.7 Å². The highest BCUT2D eigenvalue weighted by Gasteiger charge is 2.20. The van der Waals surface area contributed by atoms with Crippen LogP contribution in [0.5, 0.6) is 5.88 Å². The van der Waals surface area contributed by atoms with E-state index in [1.807, 2.05) is 0 Å². The molecule has 2 N–H and O–H groups in total. The fourth-order valence-corrected chi connectivity index (χ4v) is 3.30. The number of sulfonamides is 1. The smallest absolute Gasteiger partial charge is 0.265 e. The first-order valence-electron chi connectivity index (χ1n) is 5.82. The van der Waals surface area contributed by atoms with Crippen LogP contribution in [0.15, 0.2) is 40.0 Å². The fraction of sp³-hybridized carbons (Fsp3) is 0.167. The van der Waals surface area contributed by atoms with Gasteiger partial charge in [-0.25, -0.2) is 18.4 Å². The molecule has 0 aliphatic heterocycles. The van der Waals surface area contributed by atoms with Crippen molar-refractivity contribution in [2.24, 2.45) is 0 Å². The molecule has 2 aromatic heterocycles. The number of nitrogens with one attached hydrogen (secondary N) is 2. The number of anilines is 2. The summed E-state index contributed by atoms with van der Waals surface area (Å²) in [6, 6.07) is 4.60. The molecule has 7 nitrogen and oxygen atoms in total. The lowest BCUT2D eigenvalue weighted by Crippen LogP contribution is -2.15. The van der Waals surface area contributed by atoms with Crippen LogP contribution < -0.4 is 14.8 Å². The SMILES string of the molecule is CNc1ncc(Br)cc1S(=O)(=O)Nc1ccc(OC)nc1. The molecule has 0 amide bonds. The first-order chi connectivity index (χ1) is 9.96. The minimum Gasteiger partial charge on any atom is -0.481 e. The van der Waals surface area contributed by atoms with Crippen LogP contribution in [-0.4, -0.2) is 32.5 Å². The van der Waals surface area contributed by atoms with Crippen LogP contribution in [0.3, 0.4) is 0 Å². The van der Waals surface area contributed by atoms with Gasteiger partial charge in [0.1, 0.15) is 10.7 Å². The van der Waals surface area contributed by atoms with Gasteiger partial charge < -0.3 is 10.1 Å². The van der Waals surface area contributed by atoms with Crippen molar-refractivity contribution >= 4 is 37.5 Å². The second-order valence-electron chi connectivity index (χ2n) is 3.95. The lowest BCUT2D eigenvalue weighted by atomic mass is 10.4. The van der Waals surface area contributed by atoms with Gasteiger partial charge in [-0.05, 0) is 28.1 Å². The van der Waals surface area contributed by atoms with Crippen molar-refractivity contribution in [3.8, 4) is 5.88 Å². The summed E-state index contributed by atoms with van der Waals surface area (Å²) in [4.78, 5) is 8.00. The standard InChI is InChI=1S/C12H13BrN4O3S/c1-14-12-10(5-8(13)6-16-12)21(18,19)17-9-3-4-11(20-2)15-7-9/h3-7,17H,1-2H3,(H,14,16). The molecule has 0 bridgehead atoms. The van der Waals surface area contributed by atoms with Gasteiger partial charge in [-0.1, -0.05) is 0 Å². The van der Waals surface area contributed by atoms with Gasteiger partial charge >= 0.3 is 0 Å². The van der Waals surface area contributed by atoms with Crippen LogP contribution >= 0.6 is 15.9 Å². The van der Waals surface area contributed by atoms with Gasteiger partial charge in [0.15, 0.2) is 0 Å². The van der Waals surface area contributed by atoms with E-state index in [0.717, 1.165) is 0 Å². The molecule has 21 heavy (non-hydrogen) atoms. The van der Waals surface area contributed by atoms with Crippen molar-refractivity contribution in [1.29, 1.82) is 0 Å². The summed E-state index contributed by atoms with van der Waals surface area (Å²) in [5.74, 6) is 0.658. The highest BCUT2D eigenvalue weighted by atomic mass is 79.9. The number of hydrogen-bond donors (Lipinski definition) is 2. The molecule has 0 atom stereocenters. The number of halogens is 1. The molecule has 2 rings (SSSR count). The Morgan fingerprint density at radius 3 is 2.57 bits per heavy atom. The van der Waals surface area contributed by atoms with Crippen molar-refractivity contribution in [3.63, 3.8) is 0 Å². The lowest BCUT2D eigenvalue weighted by Gasteiger charge is -2.11. The van der Waals surface area contributed by atoms with E-state index in [9.17, 15) is 8.42 Å². The average molecular weight is 373 g/mol. The van der Waals surface area contributed by atoms with E-state index in [4.69, 9.17) is 4.74 Å². The largest absolute Gasteiger partial charge is 0.481 e. The number of hydrogen-bond acceptors (Lipinski definition) is 6. The van der Waals surface area contributed by atoms with Crippen molar-refractivity contribution in [3.05, 3.63) is 35.1 Å². The van der Waals surface area contributed by atoms with E-state index >= 15 is 0 Å². The maximum Gasteiger partial charge on any atom is 0.265 e. The van der Waals surface area contributed by atoms with Crippen molar-refractivity contribution in [1.82, 2.24) is 9.97 Å². The second kappa shape index (κ2) is 6.27. The molecule has 0 aromatic carbocycles. The molecule has 0 saturated heterocycles. The summed E-state index contributed by atoms with van der Waals surface area (Å²) >= 11 is 3.21. The summed E-state index contributed by atoms with van der Waals surface area (Å²) in [7, 11) is -0.698. The Morgan fingerprint density at radius 1 is 1.24 bits per heavy atom. The quantitative estimate of drug-likeness (QED) is 0.834. The highest BCUT2D eigenvalue weighted by molar-refractivity contribution is 9.10. The van der Waals surface area contributed by atoms with Gasteiger partial charge in [-0.2, -0.15) is 0 Å². The average Bonchev–Trinajstić information content (AvgIpc) is 2.47. The van der Waals surface area contributed by atoms with E-state index in [0.29, 0.717) is 16.0 Å². The number of nitrogens with zero attached hydrogens (tertiary/aromatic N) is 2. The van der Waals surface area contributed by atoms with E-state index in [1.165, 1.54) is 25.6 Å². The van der Waals surface area contributed by atoms with Crippen LogP contribution in [0.25, 0.3) is 0 Å². The molecule has 112 valence electrons. The first-order valence-corrected chi connectivity index (χ1v) is 8.10. The Morgan fingerprint density at radius 2 is 2.00 bits per heavy atom. The molecule has 0 aliphatic rings. The minimum atomic E-state index is -3.78.